The Hall–Kier alpha value is -0.610. The lowest BCUT2D eigenvalue weighted by Gasteiger charge is -1.81. The van der Waals surface area contributed by atoms with Crippen molar-refractivity contribution >= 4 is 12.4 Å². The molecule has 1 aromatic rings. The molecule has 0 amide bonds. The number of hydrogen-bond donors (Lipinski definition) is 1. The molecule has 0 aromatic carbocycles. The monoisotopic (exact) mass is 149 g/mol. The van der Waals surface area contributed by atoms with Gasteiger partial charge < -0.3 is 10.3 Å². The van der Waals surface area contributed by atoms with Crippen molar-refractivity contribution in [3.05, 3.63) is 12.2 Å². The van der Waals surface area contributed by atoms with Gasteiger partial charge in [0.15, 0.2) is 5.82 Å². The van der Waals surface area contributed by atoms with Crippen LogP contribution in [0.15, 0.2) is 10.9 Å². The molecule has 2 N–H and O–H groups in total. The lowest BCUT2D eigenvalue weighted by Crippen LogP contribution is -2.03. The van der Waals surface area contributed by atoms with Gasteiger partial charge in [0.05, 0.1) is 0 Å². The van der Waals surface area contributed by atoms with E-state index >= 15 is 0 Å². The van der Waals surface area contributed by atoms with E-state index in [1.807, 2.05) is 0 Å². The van der Waals surface area contributed by atoms with Gasteiger partial charge in [0.1, 0.15) is 0 Å². The SMILES string of the molecule is Cl.NCCc1ncon1. The molecule has 1 aromatic heterocycles. The van der Waals surface area contributed by atoms with Crippen molar-refractivity contribution in [2.75, 3.05) is 6.54 Å². The van der Waals surface area contributed by atoms with Gasteiger partial charge in [-0.2, -0.15) is 4.98 Å². The molecule has 52 valence electrons. The molecule has 4 nitrogen and oxygen atoms in total. The van der Waals surface area contributed by atoms with E-state index in [4.69, 9.17) is 5.73 Å². The minimum Gasteiger partial charge on any atom is -0.343 e. The number of rotatable bonds is 2. The van der Waals surface area contributed by atoms with Crippen LogP contribution in [0.5, 0.6) is 0 Å². The second-order valence-corrected chi connectivity index (χ2v) is 1.39. The minimum absolute atomic E-state index is 0. The molecule has 0 saturated heterocycles. The Morgan fingerprint density at radius 3 is 2.89 bits per heavy atom. The maximum Gasteiger partial charge on any atom is 0.213 e. The van der Waals surface area contributed by atoms with Gasteiger partial charge in [0.25, 0.3) is 0 Å². The average Bonchev–Trinajstić information content (AvgIpc) is 2.19. The highest BCUT2D eigenvalue weighted by Crippen LogP contribution is 1.85. The van der Waals surface area contributed by atoms with Crippen molar-refractivity contribution < 1.29 is 4.52 Å². The summed E-state index contributed by atoms with van der Waals surface area (Å²) >= 11 is 0. The Morgan fingerprint density at radius 1 is 1.67 bits per heavy atom. The van der Waals surface area contributed by atoms with Crippen molar-refractivity contribution in [3.8, 4) is 0 Å². The van der Waals surface area contributed by atoms with E-state index in [1.165, 1.54) is 6.39 Å². The van der Waals surface area contributed by atoms with E-state index in [9.17, 15) is 0 Å². The fourth-order valence-electron chi connectivity index (χ4n) is 0.432. The molecule has 9 heavy (non-hydrogen) atoms. The molecule has 0 aliphatic heterocycles. The van der Waals surface area contributed by atoms with Crippen LogP contribution in [0, 0.1) is 0 Å². The smallest absolute Gasteiger partial charge is 0.213 e. The van der Waals surface area contributed by atoms with Crippen molar-refractivity contribution in [2.24, 2.45) is 5.73 Å². The first-order chi connectivity index (χ1) is 3.93. The van der Waals surface area contributed by atoms with E-state index < -0.39 is 0 Å². The molecule has 0 saturated carbocycles. The Bertz CT molecular complexity index is 142. The van der Waals surface area contributed by atoms with Crippen LogP contribution in [-0.4, -0.2) is 16.7 Å². The number of aromatic nitrogens is 2. The largest absolute Gasteiger partial charge is 0.343 e. The minimum atomic E-state index is 0. The topological polar surface area (TPSA) is 64.9 Å². The zero-order valence-corrected chi connectivity index (χ0v) is 5.60. The lowest BCUT2D eigenvalue weighted by molar-refractivity contribution is 0.410. The highest BCUT2D eigenvalue weighted by Gasteiger charge is 1.92. The van der Waals surface area contributed by atoms with Gasteiger partial charge in [-0.15, -0.1) is 12.4 Å². The first-order valence-corrected chi connectivity index (χ1v) is 2.39. The normalized spacial score (nSPS) is 8.56. The zero-order valence-electron chi connectivity index (χ0n) is 4.78. The summed E-state index contributed by atoms with van der Waals surface area (Å²) in [5.74, 6) is 0.674. The molecule has 0 aliphatic rings. The molecule has 0 atom stereocenters. The van der Waals surface area contributed by atoms with Crippen LogP contribution in [0.2, 0.25) is 0 Å². The molecule has 0 spiro atoms. The number of hydrogen-bond acceptors (Lipinski definition) is 4. The lowest BCUT2D eigenvalue weighted by atomic mass is 10.4. The van der Waals surface area contributed by atoms with Crippen LogP contribution < -0.4 is 5.73 Å². The number of nitrogens with two attached hydrogens (primary N) is 1. The van der Waals surface area contributed by atoms with E-state index in [0.29, 0.717) is 18.8 Å². The molecular formula is C4H8ClN3O. The van der Waals surface area contributed by atoms with Crippen LogP contribution in [0.1, 0.15) is 5.82 Å². The summed E-state index contributed by atoms with van der Waals surface area (Å²) in [5.41, 5.74) is 5.20. The molecule has 0 aliphatic carbocycles. The van der Waals surface area contributed by atoms with Crippen molar-refractivity contribution in [2.45, 2.75) is 6.42 Å². The maximum absolute atomic E-state index is 5.20. The summed E-state index contributed by atoms with van der Waals surface area (Å²) in [4.78, 5) is 3.75. The first-order valence-electron chi connectivity index (χ1n) is 2.39. The Balaban J connectivity index is 0.000000640. The Morgan fingerprint density at radius 2 is 2.44 bits per heavy atom. The predicted octanol–water partition coefficient (Wildman–Crippen LogP) is -0.00740. The number of halogens is 1. The standard InChI is InChI=1S/C4H7N3O.ClH/c5-2-1-4-6-3-8-7-4;/h3H,1-2,5H2;1H. The Labute approximate surface area is 58.8 Å². The van der Waals surface area contributed by atoms with E-state index in [2.05, 4.69) is 14.7 Å². The fraction of sp³-hybridized carbons (Fsp3) is 0.500. The zero-order chi connectivity index (χ0) is 5.82. The summed E-state index contributed by atoms with van der Waals surface area (Å²) in [6.45, 7) is 0.569. The van der Waals surface area contributed by atoms with Crippen LogP contribution in [0.4, 0.5) is 0 Å². The van der Waals surface area contributed by atoms with Gasteiger partial charge in [-0.05, 0) is 6.54 Å². The van der Waals surface area contributed by atoms with Gasteiger partial charge in [-0.3, -0.25) is 0 Å². The van der Waals surface area contributed by atoms with Gasteiger partial charge in [0, 0.05) is 6.42 Å². The highest BCUT2D eigenvalue weighted by molar-refractivity contribution is 5.85. The van der Waals surface area contributed by atoms with Crippen molar-refractivity contribution in [1.82, 2.24) is 10.1 Å². The highest BCUT2D eigenvalue weighted by atomic mass is 35.5. The molecule has 5 heteroatoms. The van der Waals surface area contributed by atoms with E-state index in [-0.39, 0.29) is 12.4 Å². The van der Waals surface area contributed by atoms with Gasteiger partial charge >= 0.3 is 0 Å². The Kier molecular flexibility index (Phi) is 4.00. The maximum atomic E-state index is 5.20. The molecular weight excluding hydrogens is 142 g/mol. The second kappa shape index (κ2) is 4.29. The van der Waals surface area contributed by atoms with Crippen molar-refractivity contribution in [1.29, 1.82) is 0 Å². The molecule has 1 rings (SSSR count). The summed E-state index contributed by atoms with van der Waals surface area (Å²) in [6.07, 6.45) is 1.99. The van der Waals surface area contributed by atoms with Gasteiger partial charge in [0.2, 0.25) is 6.39 Å². The second-order valence-electron chi connectivity index (χ2n) is 1.39. The number of nitrogens with zero attached hydrogens (tertiary/aromatic N) is 2. The van der Waals surface area contributed by atoms with E-state index in [1.54, 1.807) is 0 Å². The quantitative estimate of drug-likeness (QED) is 0.643. The molecule has 0 bridgehead atoms. The summed E-state index contributed by atoms with van der Waals surface area (Å²) < 4.78 is 4.45. The molecule has 0 unspecified atom stereocenters. The third-order valence-corrected chi connectivity index (χ3v) is 0.775. The third kappa shape index (κ3) is 2.43. The van der Waals surface area contributed by atoms with Gasteiger partial charge in [-0.25, -0.2) is 0 Å². The van der Waals surface area contributed by atoms with Crippen LogP contribution >= 0.6 is 12.4 Å². The van der Waals surface area contributed by atoms with Crippen LogP contribution in [-0.2, 0) is 6.42 Å². The molecule has 1 heterocycles. The van der Waals surface area contributed by atoms with Gasteiger partial charge in [-0.1, -0.05) is 5.16 Å². The summed E-state index contributed by atoms with van der Waals surface area (Å²) in [6, 6.07) is 0. The molecule has 0 radical (unpaired) electrons. The summed E-state index contributed by atoms with van der Waals surface area (Å²) in [7, 11) is 0. The average molecular weight is 150 g/mol. The van der Waals surface area contributed by atoms with Crippen LogP contribution in [0.3, 0.4) is 0 Å². The van der Waals surface area contributed by atoms with Crippen molar-refractivity contribution in [3.63, 3.8) is 0 Å². The summed E-state index contributed by atoms with van der Waals surface area (Å²) in [5, 5.41) is 3.54. The first kappa shape index (κ1) is 8.39. The predicted molar refractivity (Wildman–Crippen MR) is 34.3 cm³/mol. The van der Waals surface area contributed by atoms with E-state index in [0.717, 1.165) is 0 Å². The van der Waals surface area contributed by atoms with Crippen LogP contribution in [0.25, 0.3) is 0 Å². The molecule has 0 fully saturated rings. The third-order valence-electron chi connectivity index (χ3n) is 0.775. The fourth-order valence-corrected chi connectivity index (χ4v) is 0.432.